The highest BCUT2D eigenvalue weighted by Gasteiger charge is 2.28. The van der Waals surface area contributed by atoms with Crippen molar-refractivity contribution in [2.45, 2.75) is 39.8 Å². The third-order valence-electron chi connectivity index (χ3n) is 6.42. The van der Waals surface area contributed by atoms with Crippen LogP contribution in [0, 0.1) is 0 Å². The van der Waals surface area contributed by atoms with Crippen LogP contribution in [0.3, 0.4) is 0 Å². The van der Waals surface area contributed by atoms with Gasteiger partial charge in [-0.05, 0) is 36.6 Å². The summed E-state index contributed by atoms with van der Waals surface area (Å²) < 4.78 is 7.39. The Morgan fingerprint density at radius 2 is 1.71 bits per heavy atom. The number of aromatic nitrogens is 4. The van der Waals surface area contributed by atoms with Crippen molar-refractivity contribution in [2.24, 2.45) is 0 Å². The Bertz CT molecular complexity index is 1250. The Kier molecular flexibility index (Phi) is 6.34. The van der Waals surface area contributed by atoms with Crippen LogP contribution < -0.4 is 14.5 Å². The molecule has 176 valence electrons. The van der Waals surface area contributed by atoms with E-state index in [1.54, 1.807) is 7.11 Å². The predicted molar refractivity (Wildman–Crippen MR) is 137 cm³/mol. The van der Waals surface area contributed by atoms with Crippen LogP contribution in [-0.4, -0.2) is 46.5 Å². The van der Waals surface area contributed by atoms with Gasteiger partial charge in [0.2, 0.25) is 5.95 Å². The van der Waals surface area contributed by atoms with Crippen LogP contribution >= 0.6 is 0 Å². The molecular formula is C27H32N6O. The zero-order chi connectivity index (χ0) is 23.5. The lowest BCUT2D eigenvalue weighted by Crippen LogP contribution is -2.31. The van der Waals surface area contributed by atoms with E-state index >= 15 is 0 Å². The summed E-state index contributed by atoms with van der Waals surface area (Å²) in [5.41, 5.74) is 4.47. The SMILES string of the molecule is CCCN(CC)c1nc2c3c(nn(Cc4ccccc4)c3n1)CCN2Cc1ccc(OC)cc1. The van der Waals surface area contributed by atoms with Crippen molar-refractivity contribution < 1.29 is 4.74 Å². The van der Waals surface area contributed by atoms with E-state index in [0.29, 0.717) is 6.54 Å². The van der Waals surface area contributed by atoms with Gasteiger partial charge in [-0.1, -0.05) is 49.4 Å². The van der Waals surface area contributed by atoms with Crippen molar-refractivity contribution in [3.63, 3.8) is 0 Å². The molecule has 2 aromatic heterocycles. The highest BCUT2D eigenvalue weighted by molar-refractivity contribution is 5.92. The molecule has 2 aromatic carbocycles. The molecule has 0 spiro atoms. The van der Waals surface area contributed by atoms with Crippen molar-refractivity contribution in [3.8, 4) is 5.75 Å². The first-order valence-electron chi connectivity index (χ1n) is 12.1. The summed E-state index contributed by atoms with van der Waals surface area (Å²) in [6, 6.07) is 18.8. The number of hydrogen-bond donors (Lipinski definition) is 0. The number of methoxy groups -OCH3 is 1. The summed E-state index contributed by atoms with van der Waals surface area (Å²) in [7, 11) is 1.70. The average molecular weight is 457 g/mol. The smallest absolute Gasteiger partial charge is 0.229 e. The molecule has 34 heavy (non-hydrogen) atoms. The molecule has 0 N–H and O–H groups in total. The fourth-order valence-corrected chi connectivity index (χ4v) is 4.65. The van der Waals surface area contributed by atoms with Gasteiger partial charge in [0.25, 0.3) is 0 Å². The molecule has 1 aliphatic rings. The molecule has 7 nitrogen and oxygen atoms in total. The second-order valence-corrected chi connectivity index (χ2v) is 8.74. The Hall–Kier alpha value is -3.61. The summed E-state index contributed by atoms with van der Waals surface area (Å²) in [4.78, 5) is 14.8. The van der Waals surface area contributed by atoms with Gasteiger partial charge in [0.15, 0.2) is 5.65 Å². The van der Waals surface area contributed by atoms with Crippen LogP contribution in [0.25, 0.3) is 11.0 Å². The molecule has 0 aliphatic carbocycles. The van der Waals surface area contributed by atoms with Crippen molar-refractivity contribution in [3.05, 3.63) is 71.4 Å². The maximum Gasteiger partial charge on any atom is 0.229 e. The summed E-state index contributed by atoms with van der Waals surface area (Å²) in [5.74, 6) is 2.65. The minimum absolute atomic E-state index is 0.700. The van der Waals surface area contributed by atoms with Gasteiger partial charge in [0.05, 0.1) is 24.7 Å². The number of hydrogen-bond acceptors (Lipinski definition) is 6. The van der Waals surface area contributed by atoms with Crippen LogP contribution in [0.4, 0.5) is 11.8 Å². The van der Waals surface area contributed by atoms with E-state index in [9.17, 15) is 0 Å². The van der Waals surface area contributed by atoms with E-state index in [0.717, 1.165) is 73.3 Å². The molecule has 0 radical (unpaired) electrons. The monoisotopic (exact) mass is 456 g/mol. The summed E-state index contributed by atoms with van der Waals surface area (Å²) in [5, 5.41) is 6.09. The second-order valence-electron chi connectivity index (χ2n) is 8.74. The van der Waals surface area contributed by atoms with E-state index < -0.39 is 0 Å². The molecule has 3 heterocycles. The van der Waals surface area contributed by atoms with Crippen LogP contribution in [0.15, 0.2) is 54.6 Å². The first kappa shape index (κ1) is 22.2. The van der Waals surface area contributed by atoms with E-state index in [4.69, 9.17) is 19.8 Å². The lowest BCUT2D eigenvalue weighted by Gasteiger charge is -2.29. The van der Waals surface area contributed by atoms with Crippen LogP contribution in [0.5, 0.6) is 5.75 Å². The van der Waals surface area contributed by atoms with Gasteiger partial charge in [-0.3, -0.25) is 0 Å². The quantitative estimate of drug-likeness (QED) is 0.364. The highest BCUT2D eigenvalue weighted by Crippen LogP contribution is 2.34. The number of nitrogens with zero attached hydrogens (tertiary/aromatic N) is 6. The van der Waals surface area contributed by atoms with Crippen molar-refractivity contribution in [1.82, 2.24) is 19.7 Å². The minimum atomic E-state index is 0.700. The molecule has 0 amide bonds. The normalized spacial score (nSPS) is 12.9. The lowest BCUT2D eigenvalue weighted by atomic mass is 10.1. The Morgan fingerprint density at radius 1 is 0.941 bits per heavy atom. The number of rotatable bonds is 9. The minimum Gasteiger partial charge on any atom is -0.497 e. The van der Waals surface area contributed by atoms with Gasteiger partial charge >= 0.3 is 0 Å². The van der Waals surface area contributed by atoms with Crippen LogP contribution in [-0.2, 0) is 19.5 Å². The first-order chi connectivity index (χ1) is 16.7. The fraction of sp³-hybridized carbons (Fsp3) is 0.370. The lowest BCUT2D eigenvalue weighted by molar-refractivity contribution is 0.414. The van der Waals surface area contributed by atoms with Gasteiger partial charge in [-0.15, -0.1) is 0 Å². The van der Waals surface area contributed by atoms with Crippen molar-refractivity contribution in [1.29, 1.82) is 0 Å². The molecule has 0 saturated carbocycles. The maximum absolute atomic E-state index is 5.33. The second kappa shape index (κ2) is 9.71. The standard InChI is InChI=1S/C27H32N6O/c1-4-16-31(5-2)27-28-25-24-23(15-17-32(25)18-21-11-13-22(34-3)14-12-21)30-33(26(24)29-27)19-20-9-7-6-8-10-20/h6-14H,4-5,15-19H2,1-3H3. The van der Waals surface area contributed by atoms with E-state index in [1.165, 1.54) is 11.1 Å². The molecule has 1 aliphatic heterocycles. The predicted octanol–water partition coefficient (Wildman–Crippen LogP) is 4.68. The Labute approximate surface area is 201 Å². The Balaban J connectivity index is 1.59. The number of anilines is 2. The summed E-state index contributed by atoms with van der Waals surface area (Å²) >= 11 is 0. The van der Waals surface area contributed by atoms with E-state index in [-0.39, 0.29) is 0 Å². The molecule has 5 rings (SSSR count). The molecule has 0 fully saturated rings. The largest absolute Gasteiger partial charge is 0.497 e. The fourth-order valence-electron chi connectivity index (χ4n) is 4.65. The van der Waals surface area contributed by atoms with Gasteiger partial charge in [-0.25, -0.2) is 4.68 Å². The van der Waals surface area contributed by atoms with E-state index in [2.05, 4.69) is 64.7 Å². The maximum atomic E-state index is 5.33. The van der Waals surface area contributed by atoms with Crippen LogP contribution in [0.1, 0.15) is 37.1 Å². The topological polar surface area (TPSA) is 59.3 Å². The van der Waals surface area contributed by atoms with Gasteiger partial charge in [0.1, 0.15) is 11.6 Å². The molecule has 0 atom stereocenters. The zero-order valence-electron chi connectivity index (χ0n) is 20.2. The van der Waals surface area contributed by atoms with Crippen molar-refractivity contribution >= 4 is 22.8 Å². The molecule has 0 saturated heterocycles. The Morgan fingerprint density at radius 3 is 2.41 bits per heavy atom. The van der Waals surface area contributed by atoms with Crippen LogP contribution in [0.2, 0.25) is 0 Å². The first-order valence-corrected chi connectivity index (χ1v) is 12.1. The summed E-state index contributed by atoms with van der Waals surface area (Å²) in [6.45, 7) is 8.53. The van der Waals surface area contributed by atoms with Gasteiger partial charge in [0, 0.05) is 32.6 Å². The molecule has 0 bridgehead atoms. The third kappa shape index (κ3) is 4.30. The number of benzene rings is 2. The number of ether oxygens (including phenoxy) is 1. The van der Waals surface area contributed by atoms with E-state index in [1.807, 2.05) is 18.2 Å². The average Bonchev–Trinajstić information content (AvgIpc) is 3.23. The van der Waals surface area contributed by atoms with Crippen molar-refractivity contribution in [2.75, 3.05) is 36.5 Å². The third-order valence-corrected chi connectivity index (χ3v) is 6.42. The van der Waals surface area contributed by atoms with Gasteiger partial charge < -0.3 is 14.5 Å². The molecule has 0 unspecified atom stereocenters. The summed E-state index contributed by atoms with van der Waals surface area (Å²) in [6.07, 6.45) is 1.94. The molecule has 7 heteroatoms. The van der Waals surface area contributed by atoms with Gasteiger partial charge in [-0.2, -0.15) is 15.1 Å². The zero-order valence-corrected chi connectivity index (χ0v) is 20.2. The molecule has 4 aromatic rings. The molecular weight excluding hydrogens is 424 g/mol. The highest BCUT2D eigenvalue weighted by atomic mass is 16.5.